The summed E-state index contributed by atoms with van der Waals surface area (Å²) in [5.74, 6) is 0.740. The maximum absolute atomic E-state index is 4.44. The summed E-state index contributed by atoms with van der Waals surface area (Å²) in [5, 5.41) is 2.38. The van der Waals surface area contributed by atoms with Crippen molar-refractivity contribution in [1.29, 1.82) is 0 Å². The van der Waals surface area contributed by atoms with Crippen molar-refractivity contribution in [3.63, 3.8) is 0 Å². The molecule has 0 spiro atoms. The average Bonchev–Trinajstić information content (AvgIpc) is 3.00. The van der Waals surface area contributed by atoms with E-state index in [1.54, 1.807) is 0 Å². The molecule has 3 rings (SSSR count). The zero-order chi connectivity index (χ0) is 8.67. The Labute approximate surface area is 113 Å². The molecule has 1 saturated carbocycles. The first-order chi connectivity index (χ1) is 6.43. The molecule has 14 heavy (non-hydrogen) atoms. The summed E-state index contributed by atoms with van der Waals surface area (Å²) in [6, 6.07) is 11.5. The van der Waals surface area contributed by atoms with E-state index in [1.165, 1.54) is 23.9 Å². The molecule has 0 aliphatic heterocycles. The second-order valence-corrected chi connectivity index (χ2v) is 3.64. The van der Waals surface area contributed by atoms with E-state index in [-0.39, 0.29) is 36.9 Å². The molecule has 0 atom stereocenters. The molecule has 0 amide bonds. The van der Waals surface area contributed by atoms with Crippen LogP contribution < -0.4 is 0 Å². The van der Waals surface area contributed by atoms with E-state index in [2.05, 4.69) is 23.2 Å². The molecule has 0 bridgehead atoms. The van der Waals surface area contributed by atoms with E-state index in [9.17, 15) is 0 Å². The molecule has 1 aliphatic rings. The van der Waals surface area contributed by atoms with E-state index in [4.69, 9.17) is 0 Å². The minimum atomic E-state index is 0. The van der Waals surface area contributed by atoms with Crippen LogP contribution in [-0.4, -0.2) is 4.98 Å². The molecule has 0 unspecified atom stereocenters. The number of hydrogen-bond acceptors (Lipinski definition) is 1. The van der Waals surface area contributed by atoms with Gasteiger partial charge in [-0.05, 0) is 25.0 Å². The summed E-state index contributed by atoms with van der Waals surface area (Å²) in [5.41, 5.74) is 1.26. The second kappa shape index (κ2) is 4.16. The van der Waals surface area contributed by atoms with Crippen LogP contribution in [-0.2, 0) is 0 Å². The summed E-state index contributed by atoms with van der Waals surface area (Å²) in [6.07, 6.45) is 4.56. The molecule has 1 aromatic heterocycles. The molecule has 77 valence electrons. The fourth-order valence-corrected chi connectivity index (χ4v) is 1.64. The smallest absolute Gasteiger partial charge is 0.0235 e. The number of pyridine rings is 1. The molecule has 2 heteroatoms. The van der Waals surface area contributed by atoms with Gasteiger partial charge in [0.15, 0.2) is 0 Å². The largest absolute Gasteiger partial charge is 0.309 e. The van der Waals surface area contributed by atoms with Crippen molar-refractivity contribution in [1.82, 2.24) is 4.98 Å². The first-order valence-corrected chi connectivity index (χ1v) is 4.70. The van der Waals surface area contributed by atoms with Crippen LogP contribution in [0.1, 0.15) is 24.5 Å². The van der Waals surface area contributed by atoms with Crippen molar-refractivity contribution in [2.45, 2.75) is 18.8 Å². The van der Waals surface area contributed by atoms with Gasteiger partial charge in [0.1, 0.15) is 0 Å². The number of hydrogen-bond donors (Lipinski definition) is 0. The Morgan fingerprint density at radius 3 is 3.00 bits per heavy atom. The molecule has 0 N–H and O–H groups in total. The van der Waals surface area contributed by atoms with Gasteiger partial charge < -0.3 is 4.98 Å². The van der Waals surface area contributed by atoms with Gasteiger partial charge in [-0.15, -0.1) is 35.0 Å². The number of benzene rings is 1. The van der Waals surface area contributed by atoms with E-state index in [1.807, 2.05) is 18.3 Å². The van der Waals surface area contributed by atoms with Crippen molar-refractivity contribution in [3.05, 3.63) is 42.2 Å². The van der Waals surface area contributed by atoms with Gasteiger partial charge in [-0.3, -0.25) is 0 Å². The van der Waals surface area contributed by atoms with Crippen LogP contribution in [0, 0.1) is 42.9 Å². The maximum atomic E-state index is 4.44. The summed E-state index contributed by atoms with van der Waals surface area (Å²) < 4.78 is 0. The zero-order valence-electron chi connectivity index (χ0n) is 7.60. The van der Waals surface area contributed by atoms with Crippen LogP contribution >= 0.6 is 0 Å². The fraction of sp³-hybridized carbons (Fsp3) is 0.250. The molecular formula is C12H10NTm-. The molecule has 1 aliphatic carbocycles. The Bertz CT molecular complexity index is 449. The van der Waals surface area contributed by atoms with Crippen LogP contribution in [0.2, 0.25) is 0 Å². The minimum absolute atomic E-state index is 0. The van der Waals surface area contributed by atoms with Gasteiger partial charge in [-0.2, -0.15) is 0 Å². The van der Waals surface area contributed by atoms with Gasteiger partial charge in [0.05, 0.1) is 0 Å². The SMILES string of the molecule is [Tm].[c-]1cccc2cc(C3CC3)ncc12. The number of fused-ring (bicyclic) bond motifs is 1. The summed E-state index contributed by atoms with van der Waals surface area (Å²) in [6.45, 7) is 0. The van der Waals surface area contributed by atoms with Crippen molar-refractivity contribution in [2.75, 3.05) is 0 Å². The molecule has 1 radical (unpaired) electrons. The topological polar surface area (TPSA) is 12.9 Å². The van der Waals surface area contributed by atoms with E-state index in [0.717, 1.165) is 11.3 Å². The third-order valence-electron chi connectivity index (χ3n) is 2.56. The molecule has 2 aromatic rings. The van der Waals surface area contributed by atoms with E-state index in [0.29, 0.717) is 0 Å². The predicted octanol–water partition coefficient (Wildman–Crippen LogP) is 2.91. The second-order valence-electron chi connectivity index (χ2n) is 3.64. The molecular weight excluding hydrogens is 327 g/mol. The Morgan fingerprint density at radius 2 is 2.21 bits per heavy atom. The van der Waals surface area contributed by atoms with E-state index < -0.39 is 0 Å². The first kappa shape index (κ1) is 10.4. The maximum Gasteiger partial charge on any atom is 0.0235 e. The van der Waals surface area contributed by atoms with Crippen molar-refractivity contribution in [2.24, 2.45) is 0 Å². The minimum Gasteiger partial charge on any atom is -0.309 e. The number of rotatable bonds is 1. The van der Waals surface area contributed by atoms with Crippen LogP contribution in [0.3, 0.4) is 0 Å². The van der Waals surface area contributed by atoms with Gasteiger partial charge >= 0.3 is 0 Å². The van der Waals surface area contributed by atoms with E-state index >= 15 is 0 Å². The normalized spacial score (nSPS) is 15.1. The van der Waals surface area contributed by atoms with Crippen molar-refractivity contribution in [3.8, 4) is 0 Å². The van der Waals surface area contributed by atoms with Crippen LogP contribution in [0.15, 0.2) is 30.5 Å². The van der Waals surface area contributed by atoms with Crippen LogP contribution in [0.4, 0.5) is 0 Å². The van der Waals surface area contributed by atoms with Gasteiger partial charge in [0, 0.05) is 42.6 Å². The Balaban J connectivity index is 0.000000750. The van der Waals surface area contributed by atoms with Crippen LogP contribution in [0.5, 0.6) is 0 Å². The quantitative estimate of drug-likeness (QED) is 0.730. The summed E-state index contributed by atoms with van der Waals surface area (Å²) >= 11 is 0. The average molecular weight is 337 g/mol. The fourth-order valence-electron chi connectivity index (χ4n) is 1.64. The molecule has 1 heterocycles. The molecule has 0 saturated heterocycles. The Kier molecular flexibility index (Phi) is 3.09. The standard InChI is InChI=1S/C12H10N.Tm/c1-2-4-11-8-13-12(9-5-6-9)7-10(11)3-1;/h1-3,7-9H,5-6H2;/q-1;. The van der Waals surface area contributed by atoms with Gasteiger partial charge in [0.25, 0.3) is 0 Å². The van der Waals surface area contributed by atoms with Crippen molar-refractivity contribution >= 4 is 10.8 Å². The molecule has 1 nitrogen and oxygen atoms in total. The molecule has 1 aromatic carbocycles. The Hall–Kier alpha value is -0.136. The summed E-state index contributed by atoms with van der Waals surface area (Å²) in [4.78, 5) is 4.44. The third-order valence-corrected chi connectivity index (χ3v) is 2.56. The predicted molar refractivity (Wildman–Crippen MR) is 52.6 cm³/mol. The third kappa shape index (κ3) is 1.94. The summed E-state index contributed by atoms with van der Waals surface area (Å²) in [7, 11) is 0. The van der Waals surface area contributed by atoms with Gasteiger partial charge in [-0.1, -0.05) is 6.07 Å². The number of aromatic nitrogens is 1. The van der Waals surface area contributed by atoms with Crippen molar-refractivity contribution < 1.29 is 36.9 Å². The van der Waals surface area contributed by atoms with Gasteiger partial charge in [-0.25, -0.2) is 0 Å². The first-order valence-electron chi connectivity index (χ1n) is 4.70. The monoisotopic (exact) mass is 337 g/mol. The van der Waals surface area contributed by atoms with Crippen LogP contribution in [0.25, 0.3) is 10.8 Å². The Morgan fingerprint density at radius 1 is 1.36 bits per heavy atom. The zero-order valence-corrected chi connectivity index (χ0v) is 9.38. The van der Waals surface area contributed by atoms with Gasteiger partial charge in [0.2, 0.25) is 0 Å². The number of nitrogens with zero attached hydrogens (tertiary/aromatic N) is 1. The molecule has 1 fully saturated rings.